The van der Waals surface area contributed by atoms with Crippen molar-refractivity contribution in [1.82, 2.24) is 14.9 Å². The van der Waals surface area contributed by atoms with Crippen molar-refractivity contribution in [2.24, 2.45) is 0 Å². The number of nitrogens with zero attached hydrogens (tertiary/aromatic N) is 2. The Balaban J connectivity index is 1.63. The molecule has 0 bridgehead atoms. The topological polar surface area (TPSA) is 56.2 Å². The summed E-state index contributed by atoms with van der Waals surface area (Å²) >= 11 is 6.06. The zero-order valence-corrected chi connectivity index (χ0v) is 17.6. The smallest absolute Gasteiger partial charge is 0.246 e. The molecule has 3 aromatic rings. The van der Waals surface area contributed by atoms with E-state index in [1.165, 1.54) is 0 Å². The van der Waals surface area contributed by atoms with Crippen LogP contribution in [0.4, 0.5) is 0 Å². The van der Waals surface area contributed by atoms with Crippen LogP contribution in [0.3, 0.4) is 0 Å². The Hall–Kier alpha value is -2.79. The predicted molar refractivity (Wildman–Crippen MR) is 118 cm³/mol. The summed E-state index contributed by atoms with van der Waals surface area (Å²) in [5, 5.41) is 3.61. The number of amides is 1. The minimum absolute atomic E-state index is 0.126. The molecule has 2 aromatic carbocycles. The fourth-order valence-corrected chi connectivity index (χ4v) is 3.24. The summed E-state index contributed by atoms with van der Waals surface area (Å²) in [6.45, 7) is 9.24. The SMILES string of the molecule is C=C(C)C(=O)NCCc1nc2ccccc2n1CCCOc1ccc(Cl)c(C)c1. The highest BCUT2D eigenvalue weighted by atomic mass is 35.5. The van der Waals surface area contributed by atoms with E-state index in [1.807, 2.05) is 43.3 Å². The fourth-order valence-electron chi connectivity index (χ4n) is 3.12. The Morgan fingerprint density at radius 2 is 2.07 bits per heavy atom. The fraction of sp³-hybridized carbons (Fsp3) is 0.304. The first-order valence-electron chi connectivity index (χ1n) is 9.72. The van der Waals surface area contributed by atoms with Crippen molar-refractivity contribution >= 4 is 28.5 Å². The molecule has 0 spiro atoms. The van der Waals surface area contributed by atoms with E-state index in [0.717, 1.165) is 46.2 Å². The lowest BCUT2D eigenvalue weighted by Crippen LogP contribution is -2.26. The highest BCUT2D eigenvalue weighted by Gasteiger charge is 2.11. The van der Waals surface area contributed by atoms with Crippen molar-refractivity contribution < 1.29 is 9.53 Å². The Morgan fingerprint density at radius 3 is 2.83 bits per heavy atom. The quantitative estimate of drug-likeness (QED) is 0.410. The molecular formula is C23H26ClN3O2. The lowest BCUT2D eigenvalue weighted by atomic mass is 10.2. The highest BCUT2D eigenvalue weighted by Crippen LogP contribution is 2.21. The van der Waals surface area contributed by atoms with Crippen molar-refractivity contribution in [2.45, 2.75) is 33.2 Å². The van der Waals surface area contributed by atoms with Gasteiger partial charge in [0.25, 0.3) is 0 Å². The maximum absolute atomic E-state index is 11.7. The summed E-state index contributed by atoms with van der Waals surface area (Å²) in [6.07, 6.45) is 1.50. The number of aromatic nitrogens is 2. The maximum Gasteiger partial charge on any atom is 0.246 e. The van der Waals surface area contributed by atoms with E-state index in [9.17, 15) is 4.79 Å². The first-order chi connectivity index (χ1) is 14.0. The third-order valence-electron chi connectivity index (χ3n) is 4.68. The minimum Gasteiger partial charge on any atom is -0.494 e. The molecule has 0 fully saturated rings. The number of ether oxygens (including phenoxy) is 1. The van der Waals surface area contributed by atoms with Crippen LogP contribution in [0, 0.1) is 6.92 Å². The molecule has 1 N–H and O–H groups in total. The number of imidazole rings is 1. The number of carbonyl (C=O) groups excluding carboxylic acids is 1. The normalized spacial score (nSPS) is 10.9. The van der Waals surface area contributed by atoms with Gasteiger partial charge in [0.05, 0.1) is 17.6 Å². The number of rotatable bonds is 9. The number of halogens is 1. The predicted octanol–water partition coefficient (Wildman–Crippen LogP) is 4.70. The first kappa shape index (κ1) is 20.9. The molecule has 0 atom stereocenters. The summed E-state index contributed by atoms with van der Waals surface area (Å²) in [5.41, 5.74) is 3.57. The van der Waals surface area contributed by atoms with Gasteiger partial charge in [-0.2, -0.15) is 0 Å². The minimum atomic E-state index is -0.126. The number of para-hydroxylation sites is 2. The Labute approximate surface area is 176 Å². The van der Waals surface area contributed by atoms with Crippen LogP contribution in [-0.4, -0.2) is 28.6 Å². The van der Waals surface area contributed by atoms with Crippen LogP contribution in [0.1, 0.15) is 24.7 Å². The number of benzene rings is 2. The number of fused-ring (bicyclic) bond motifs is 1. The molecule has 6 heteroatoms. The Bertz CT molecular complexity index is 1030. The van der Waals surface area contributed by atoms with Crippen molar-refractivity contribution in [3.05, 3.63) is 71.0 Å². The van der Waals surface area contributed by atoms with Gasteiger partial charge in [-0.25, -0.2) is 4.98 Å². The molecule has 5 nitrogen and oxygen atoms in total. The number of hydrogen-bond donors (Lipinski definition) is 1. The van der Waals surface area contributed by atoms with Gasteiger partial charge in [-0.15, -0.1) is 0 Å². The summed E-state index contributed by atoms with van der Waals surface area (Å²) in [5.74, 6) is 1.65. The second-order valence-corrected chi connectivity index (χ2v) is 7.47. The van der Waals surface area contributed by atoms with Gasteiger partial charge in [0.15, 0.2) is 0 Å². The lowest BCUT2D eigenvalue weighted by molar-refractivity contribution is -0.117. The monoisotopic (exact) mass is 411 g/mol. The van der Waals surface area contributed by atoms with E-state index >= 15 is 0 Å². The molecule has 152 valence electrons. The van der Waals surface area contributed by atoms with Gasteiger partial charge in [0.2, 0.25) is 5.91 Å². The molecule has 0 radical (unpaired) electrons. The Morgan fingerprint density at radius 1 is 1.28 bits per heavy atom. The van der Waals surface area contributed by atoms with E-state index in [1.54, 1.807) is 6.92 Å². The zero-order chi connectivity index (χ0) is 20.8. The van der Waals surface area contributed by atoms with Crippen LogP contribution in [0.5, 0.6) is 5.75 Å². The molecule has 29 heavy (non-hydrogen) atoms. The molecule has 0 saturated heterocycles. The lowest BCUT2D eigenvalue weighted by Gasteiger charge is -2.11. The van der Waals surface area contributed by atoms with Gasteiger partial charge in [-0.1, -0.05) is 30.3 Å². The molecule has 0 saturated carbocycles. The van der Waals surface area contributed by atoms with E-state index in [0.29, 0.717) is 25.1 Å². The van der Waals surface area contributed by atoms with Crippen LogP contribution in [0.15, 0.2) is 54.6 Å². The van der Waals surface area contributed by atoms with Gasteiger partial charge in [-0.05, 0) is 56.2 Å². The van der Waals surface area contributed by atoms with Crippen LogP contribution in [0.25, 0.3) is 11.0 Å². The van der Waals surface area contributed by atoms with E-state index in [2.05, 4.69) is 22.5 Å². The van der Waals surface area contributed by atoms with Gasteiger partial charge >= 0.3 is 0 Å². The average Bonchev–Trinajstić information content (AvgIpc) is 3.05. The van der Waals surface area contributed by atoms with Gasteiger partial charge in [0, 0.05) is 30.1 Å². The molecule has 0 aliphatic carbocycles. The third-order valence-corrected chi connectivity index (χ3v) is 5.10. The van der Waals surface area contributed by atoms with E-state index < -0.39 is 0 Å². The van der Waals surface area contributed by atoms with Gasteiger partial charge < -0.3 is 14.6 Å². The molecule has 1 heterocycles. The van der Waals surface area contributed by atoms with Crippen molar-refractivity contribution in [3.63, 3.8) is 0 Å². The van der Waals surface area contributed by atoms with Crippen molar-refractivity contribution in [2.75, 3.05) is 13.2 Å². The van der Waals surface area contributed by atoms with Crippen LogP contribution >= 0.6 is 11.6 Å². The number of nitrogens with one attached hydrogen (secondary N) is 1. The Kier molecular flexibility index (Phi) is 6.94. The van der Waals surface area contributed by atoms with E-state index in [4.69, 9.17) is 21.3 Å². The largest absolute Gasteiger partial charge is 0.494 e. The standard InChI is InChI=1S/C23H26ClN3O2/c1-16(2)23(28)25-12-11-22-26-20-7-4-5-8-21(20)27(22)13-6-14-29-18-9-10-19(24)17(3)15-18/h4-5,7-10,15H,1,6,11-14H2,2-3H3,(H,25,28). The summed E-state index contributed by atoms with van der Waals surface area (Å²) in [6, 6.07) is 13.8. The summed E-state index contributed by atoms with van der Waals surface area (Å²) in [4.78, 5) is 16.5. The molecule has 0 aliphatic heterocycles. The molecule has 1 amide bonds. The molecule has 3 rings (SSSR count). The molecular weight excluding hydrogens is 386 g/mol. The average molecular weight is 412 g/mol. The molecule has 0 aliphatic rings. The van der Waals surface area contributed by atoms with Crippen molar-refractivity contribution in [3.8, 4) is 5.75 Å². The highest BCUT2D eigenvalue weighted by molar-refractivity contribution is 6.31. The van der Waals surface area contributed by atoms with Crippen LogP contribution in [0.2, 0.25) is 5.02 Å². The number of hydrogen-bond acceptors (Lipinski definition) is 3. The number of carbonyl (C=O) groups is 1. The molecule has 0 unspecified atom stereocenters. The van der Waals surface area contributed by atoms with Crippen LogP contribution in [-0.2, 0) is 17.8 Å². The summed E-state index contributed by atoms with van der Waals surface area (Å²) < 4.78 is 8.08. The third kappa shape index (κ3) is 5.39. The van der Waals surface area contributed by atoms with Gasteiger partial charge in [0.1, 0.15) is 11.6 Å². The van der Waals surface area contributed by atoms with Crippen LogP contribution < -0.4 is 10.1 Å². The first-order valence-corrected chi connectivity index (χ1v) is 10.1. The summed E-state index contributed by atoms with van der Waals surface area (Å²) in [7, 11) is 0. The molecule has 1 aromatic heterocycles. The number of aryl methyl sites for hydroxylation is 2. The second-order valence-electron chi connectivity index (χ2n) is 7.07. The van der Waals surface area contributed by atoms with E-state index in [-0.39, 0.29) is 5.91 Å². The second kappa shape index (κ2) is 9.61. The maximum atomic E-state index is 11.7. The van der Waals surface area contributed by atoms with Gasteiger partial charge in [-0.3, -0.25) is 4.79 Å². The van der Waals surface area contributed by atoms with Crippen molar-refractivity contribution in [1.29, 1.82) is 0 Å². The zero-order valence-electron chi connectivity index (χ0n) is 16.9.